The summed E-state index contributed by atoms with van der Waals surface area (Å²) in [4.78, 5) is 28.8. The number of halogens is 1. The third-order valence-electron chi connectivity index (χ3n) is 4.57. The van der Waals surface area contributed by atoms with Crippen molar-refractivity contribution in [3.63, 3.8) is 0 Å². The minimum Gasteiger partial charge on any atom is -0.342 e. The quantitative estimate of drug-likeness (QED) is 0.840. The van der Waals surface area contributed by atoms with Crippen LogP contribution in [0.3, 0.4) is 0 Å². The smallest absolute Gasteiger partial charge is 0.253 e. The van der Waals surface area contributed by atoms with E-state index in [1.165, 1.54) is 0 Å². The number of rotatable bonds is 2. The van der Waals surface area contributed by atoms with E-state index in [2.05, 4.69) is 0 Å². The molecule has 2 heterocycles. The predicted octanol–water partition coefficient (Wildman–Crippen LogP) is 2.81. The average molecular weight is 321 g/mol. The van der Waals surface area contributed by atoms with Gasteiger partial charge in [0, 0.05) is 36.8 Å². The van der Waals surface area contributed by atoms with Crippen LogP contribution in [0, 0.1) is 5.92 Å². The topological polar surface area (TPSA) is 40.6 Å². The summed E-state index contributed by atoms with van der Waals surface area (Å²) < 4.78 is 0. The van der Waals surface area contributed by atoms with Crippen molar-refractivity contribution < 1.29 is 9.59 Å². The molecule has 0 saturated carbocycles. The van der Waals surface area contributed by atoms with Crippen LogP contribution in [-0.4, -0.2) is 47.8 Å². The van der Waals surface area contributed by atoms with E-state index in [0.29, 0.717) is 17.1 Å². The molecule has 1 aromatic rings. The predicted molar refractivity (Wildman–Crippen MR) is 85.9 cm³/mol. The molecule has 0 unspecified atom stereocenters. The number of likely N-dealkylation sites (tertiary alicyclic amines) is 2. The lowest BCUT2D eigenvalue weighted by atomic mass is 9.96. The van der Waals surface area contributed by atoms with Crippen molar-refractivity contribution in [3.8, 4) is 0 Å². The monoisotopic (exact) mass is 320 g/mol. The lowest BCUT2D eigenvalue weighted by Crippen LogP contribution is -2.46. The van der Waals surface area contributed by atoms with Crippen molar-refractivity contribution in [2.75, 3.05) is 26.2 Å². The molecule has 2 saturated heterocycles. The highest BCUT2D eigenvalue weighted by Crippen LogP contribution is 2.23. The van der Waals surface area contributed by atoms with Gasteiger partial charge in [-0.1, -0.05) is 11.6 Å². The lowest BCUT2D eigenvalue weighted by Gasteiger charge is -2.34. The summed E-state index contributed by atoms with van der Waals surface area (Å²) >= 11 is 5.86. The maximum atomic E-state index is 12.6. The van der Waals surface area contributed by atoms with E-state index in [0.717, 1.165) is 45.3 Å². The van der Waals surface area contributed by atoms with Gasteiger partial charge in [-0.2, -0.15) is 0 Å². The Labute approximate surface area is 136 Å². The molecule has 0 radical (unpaired) electrons. The summed E-state index contributed by atoms with van der Waals surface area (Å²) in [7, 11) is 0. The number of amides is 2. The van der Waals surface area contributed by atoms with E-state index in [-0.39, 0.29) is 17.7 Å². The van der Waals surface area contributed by atoms with Gasteiger partial charge in [0.2, 0.25) is 5.91 Å². The van der Waals surface area contributed by atoms with E-state index in [1.807, 2.05) is 9.80 Å². The Kier molecular flexibility index (Phi) is 4.67. The highest BCUT2D eigenvalue weighted by Gasteiger charge is 2.32. The summed E-state index contributed by atoms with van der Waals surface area (Å²) in [5, 5.41) is 0.622. The fourth-order valence-electron chi connectivity index (χ4n) is 3.33. The first-order chi connectivity index (χ1) is 10.6. The highest BCUT2D eigenvalue weighted by molar-refractivity contribution is 6.30. The number of piperidine rings is 1. The van der Waals surface area contributed by atoms with Crippen molar-refractivity contribution in [1.29, 1.82) is 0 Å². The van der Waals surface area contributed by atoms with Crippen LogP contribution in [0.2, 0.25) is 5.02 Å². The molecule has 2 amide bonds. The zero-order chi connectivity index (χ0) is 15.5. The molecule has 2 aliphatic heterocycles. The zero-order valence-electron chi connectivity index (χ0n) is 12.6. The van der Waals surface area contributed by atoms with Gasteiger partial charge in [-0.15, -0.1) is 0 Å². The second-order valence-corrected chi connectivity index (χ2v) is 6.57. The third kappa shape index (κ3) is 3.27. The first-order valence-electron chi connectivity index (χ1n) is 7.99. The van der Waals surface area contributed by atoms with Crippen molar-refractivity contribution in [3.05, 3.63) is 34.9 Å². The molecule has 0 spiro atoms. The van der Waals surface area contributed by atoms with Crippen molar-refractivity contribution in [1.82, 2.24) is 9.80 Å². The van der Waals surface area contributed by atoms with Gasteiger partial charge in [0.05, 0.1) is 5.92 Å². The van der Waals surface area contributed by atoms with Gasteiger partial charge < -0.3 is 9.80 Å². The van der Waals surface area contributed by atoms with E-state index >= 15 is 0 Å². The van der Waals surface area contributed by atoms with Gasteiger partial charge in [-0.05, 0) is 49.9 Å². The summed E-state index contributed by atoms with van der Waals surface area (Å²) in [5.41, 5.74) is 0.638. The number of benzene rings is 1. The molecule has 4 nitrogen and oxygen atoms in total. The van der Waals surface area contributed by atoms with Crippen LogP contribution in [0.5, 0.6) is 0 Å². The molecule has 0 bridgehead atoms. The molecule has 2 fully saturated rings. The summed E-state index contributed by atoms with van der Waals surface area (Å²) in [6.07, 6.45) is 3.99. The van der Waals surface area contributed by atoms with Gasteiger partial charge in [0.25, 0.3) is 5.91 Å². The maximum absolute atomic E-state index is 12.6. The van der Waals surface area contributed by atoms with Gasteiger partial charge in [0.15, 0.2) is 0 Å². The van der Waals surface area contributed by atoms with Crippen LogP contribution < -0.4 is 0 Å². The van der Waals surface area contributed by atoms with Crippen LogP contribution in [-0.2, 0) is 4.79 Å². The molecular formula is C17H21ClN2O2. The fraction of sp³-hybridized carbons (Fsp3) is 0.529. The largest absolute Gasteiger partial charge is 0.342 e. The van der Waals surface area contributed by atoms with Gasteiger partial charge in [-0.3, -0.25) is 9.59 Å². The first kappa shape index (κ1) is 15.3. The van der Waals surface area contributed by atoms with Crippen LogP contribution in [0.25, 0.3) is 0 Å². The van der Waals surface area contributed by atoms with Crippen LogP contribution >= 0.6 is 11.6 Å². The Morgan fingerprint density at radius 3 is 2.27 bits per heavy atom. The number of carbonyl (C=O) groups excluding carboxylic acids is 2. The third-order valence-corrected chi connectivity index (χ3v) is 4.82. The lowest BCUT2D eigenvalue weighted by molar-refractivity contribution is -0.135. The van der Waals surface area contributed by atoms with Gasteiger partial charge in [0.1, 0.15) is 0 Å². The number of hydrogen-bond acceptors (Lipinski definition) is 2. The molecule has 2 aliphatic rings. The van der Waals surface area contributed by atoms with E-state index < -0.39 is 0 Å². The summed E-state index contributed by atoms with van der Waals surface area (Å²) in [5.74, 6) is 0.185. The molecule has 3 rings (SSSR count). The fourth-order valence-corrected chi connectivity index (χ4v) is 3.46. The van der Waals surface area contributed by atoms with Gasteiger partial charge in [-0.25, -0.2) is 0 Å². The Bertz CT molecular complexity index is 552. The summed E-state index contributed by atoms with van der Waals surface area (Å²) in [6, 6.07) is 6.95. The molecule has 22 heavy (non-hydrogen) atoms. The standard InChI is InChI=1S/C17H21ClN2O2/c18-15-7-5-13(6-8-15)16(21)20-11-3-4-14(12-20)17(22)19-9-1-2-10-19/h5-8,14H,1-4,9-12H2/t14-/m1/s1. The molecular weight excluding hydrogens is 300 g/mol. The Balaban J connectivity index is 1.65. The number of hydrogen-bond donors (Lipinski definition) is 0. The molecule has 1 atom stereocenters. The van der Waals surface area contributed by atoms with E-state index in [9.17, 15) is 9.59 Å². The minimum absolute atomic E-state index is 0.00408. The molecule has 0 N–H and O–H groups in total. The molecule has 0 aromatic heterocycles. The van der Waals surface area contributed by atoms with Gasteiger partial charge >= 0.3 is 0 Å². The summed E-state index contributed by atoms with van der Waals surface area (Å²) in [6.45, 7) is 3.02. The van der Waals surface area contributed by atoms with E-state index in [1.54, 1.807) is 24.3 Å². The van der Waals surface area contributed by atoms with Crippen molar-refractivity contribution >= 4 is 23.4 Å². The van der Waals surface area contributed by atoms with Crippen LogP contribution in [0.4, 0.5) is 0 Å². The Morgan fingerprint density at radius 2 is 1.59 bits per heavy atom. The molecule has 0 aliphatic carbocycles. The second kappa shape index (κ2) is 6.69. The number of nitrogens with zero attached hydrogens (tertiary/aromatic N) is 2. The SMILES string of the molecule is O=C(c1ccc(Cl)cc1)N1CCC[C@@H](C(=O)N2CCCC2)C1. The Hall–Kier alpha value is -1.55. The maximum Gasteiger partial charge on any atom is 0.253 e. The zero-order valence-corrected chi connectivity index (χ0v) is 13.4. The first-order valence-corrected chi connectivity index (χ1v) is 8.36. The van der Waals surface area contributed by atoms with E-state index in [4.69, 9.17) is 11.6 Å². The van der Waals surface area contributed by atoms with Crippen molar-refractivity contribution in [2.45, 2.75) is 25.7 Å². The van der Waals surface area contributed by atoms with Crippen LogP contribution in [0.15, 0.2) is 24.3 Å². The average Bonchev–Trinajstić information content (AvgIpc) is 3.09. The minimum atomic E-state index is -0.0388. The highest BCUT2D eigenvalue weighted by atomic mass is 35.5. The normalized spacial score (nSPS) is 22.0. The molecule has 5 heteroatoms. The molecule has 1 aromatic carbocycles. The second-order valence-electron chi connectivity index (χ2n) is 6.13. The van der Waals surface area contributed by atoms with Crippen molar-refractivity contribution in [2.24, 2.45) is 5.92 Å². The Morgan fingerprint density at radius 1 is 0.955 bits per heavy atom. The number of carbonyl (C=O) groups is 2. The van der Waals surface area contributed by atoms with Crippen LogP contribution in [0.1, 0.15) is 36.0 Å². The molecule has 118 valence electrons.